The van der Waals surface area contributed by atoms with Crippen molar-refractivity contribution >= 4 is 82.5 Å². The van der Waals surface area contributed by atoms with Crippen LogP contribution in [0.3, 0.4) is 0 Å². The number of ether oxygens (including phenoxy) is 10. The Bertz CT molecular complexity index is 3210. The average molecular weight is 1690 g/mol. The molecule has 0 saturated carbocycles. The molecule has 34 heteroatoms. The summed E-state index contributed by atoms with van der Waals surface area (Å²) in [5, 5.41) is 60.4. The Morgan fingerprint density at radius 1 is 0.294 bits per heavy atom. The zero-order chi connectivity index (χ0) is 87.1. The Balaban J connectivity index is 1.33. The van der Waals surface area contributed by atoms with Crippen LogP contribution in [0.15, 0.2) is 48.5 Å². The van der Waals surface area contributed by atoms with Gasteiger partial charge in [-0.05, 0) is 126 Å². The average Bonchev–Trinajstić information content (AvgIpc) is 0.889. The van der Waals surface area contributed by atoms with E-state index in [4.69, 9.17) is 57.6 Å². The minimum atomic E-state index is -1.20. The van der Waals surface area contributed by atoms with E-state index in [1.807, 2.05) is 0 Å². The predicted molar refractivity (Wildman–Crippen MR) is 435 cm³/mol. The largest absolute Gasteiger partial charge is 0.494 e. The number of carbonyl (C=O) groups is 14. The van der Waals surface area contributed by atoms with Crippen LogP contribution < -0.4 is 36.1 Å². The van der Waals surface area contributed by atoms with Gasteiger partial charge >= 0.3 is 29.8 Å². The Morgan fingerprint density at radius 3 is 1.14 bits per heavy atom. The number of Topliss-reactive ketones (excluding diaryl/α,β-unsaturated/α-hetero) is 4. The molecular formula is C85H133N5O29. The molecule has 0 heterocycles. The number of carboxylic acid groups (broad SMARTS) is 5. The third-order valence-corrected chi connectivity index (χ3v) is 18.9. The van der Waals surface area contributed by atoms with Crippen molar-refractivity contribution < 1.29 is 140 Å². The fraction of sp³-hybridized carbons (Fsp3) is 0.694. The summed E-state index contributed by atoms with van der Waals surface area (Å²) in [5.41, 5.74) is 0.409. The molecule has 0 fully saturated rings. The van der Waals surface area contributed by atoms with E-state index in [2.05, 4.69) is 26.6 Å². The monoisotopic (exact) mass is 1690 g/mol. The Kier molecular flexibility index (Phi) is 63.3. The van der Waals surface area contributed by atoms with Gasteiger partial charge < -0.3 is 99.5 Å². The predicted octanol–water partition coefficient (Wildman–Crippen LogP) is 8.51. The zero-order valence-corrected chi connectivity index (χ0v) is 69.6. The maximum atomic E-state index is 12.9. The van der Waals surface area contributed by atoms with Crippen molar-refractivity contribution in [2.75, 3.05) is 145 Å². The van der Waals surface area contributed by atoms with Gasteiger partial charge in [-0.2, -0.15) is 0 Å². The molecule has 0 spiro atoms. The highest BCUT2D eigenvalue weighted by Gasteiger charge is 2.26. The summed E-state index contributed by atoms with van der Waals surface area (Å²) in [5.74, 6) is -8.57. The van der Waals surface area contributed by atoms with E-state index in [0.29, 0.717) is 109 Å². The lowest BCUT2D eigenvalue weighted by Crippen LogP contribution is -2.41. The Labute approximate surface area is 698 Å². The maximum absolute atomic E-state index is 12.9. The summed E-state index contributed by atoms with van der Waals surface area (Å²) in [6, 6.07) is 11.4. The number of rotatable bonds is 83. The third kappa shape index (κ3) is 61.1. The number of benzene rings is 2. The molecular weight excluding hydrogens is 1550 g/mol. The van der Waals surface area contributed by atoms with Gasteiger partial charge in [0.1, 0.15) is 61.3 Å². The minimum Gasteiger partial charge on any atom is -0.494 e. The highest BCUT2D eigenvalue weighted by molar-refractivity contribution is 5.89. The number of amides is 5. The molecule has 34 nitrogen and oxygen atoms in total. The molecule has 0 aliphatic heterocycles. The SMILES string of the molecule is C[C@@H](CCCCNC(=O)COCCOCCCC(=O)COCCOCCNC(=O)CC[C@H](CC(=O)CCCCCCCCCOc1ccc(C(=O)O)cc1)C(=O)O)C(=O)C[C@@H](CCCCNC(=O)COCCOCCNC(=O)COCCOCCCC(=O)CC[C@H](NC(=O)CCCCCCCCCOc1ccc(C(=O)O)cc1)C(=O)O)C(=O)O. The number of carboxylic acids is 5. The van der Waals surface area contributed by atoms with Gasteiger partial charge in [0, 0.05) is 96.7 Å². The van der Waals surface area contributed by atoms with E-state index < -0.39 is 47.7 Å². The smallest absolute Gasteiger partial charge is 0.335 e. The molecule has 0 aliphatic carbocycles. The van der Waals surface area contributed by atoms with Gasteiger partial charge in [0.25, 0.3) is 0 Å². The summed E-state index contributed by atoms with van der Waals surface area (Å²) in [7, 11) is 0. The van der Waals surface area contributed by atoms with Gasteiger partial charge in [0.05, 0.1) is 102 Å². The van der Waals surface area contributed by atoms with E-state index in [1.54, 1.807) is 31.2 Å². The molecule has 0 bridgehead atoms. The van der Waals surface area contributed by atoms with E-state index in [1.165, 1.54) is 24.3 Å². The van der Waals surface area contributed by atoms with E-state index in [0.717, 1.165) is 77.0 Å². The van der Waals surface area contributed by atoms with Crippen LogP contribution in [-0.2, 0) is 95.4 Å². The van der Waals surface area contributed by atoms with Crippen LogP contribution in [0.4, 0.5) is 0 Å². The van der Waals surface area contributed by atoms with Crippen molar-refractivity contribution in [2.24, 2.45) is 17.8 Å². The van der Waals surface area contributed by atoms with Gasteiger partial charge in [0.2, 0.25) is 29.5 Å². The lowest BCUT2D eigenvalue weighted by molar-refractivity contribution is -0.144. The van der Waals surface area contributed by atoms with Crippen LogP contribution in [0.2, 0.25) is 0 Å². The first-order chi connectivity index (χ1) is 57.4. The molecule has 10 N–H and O–H groups in total. The topological polar surface area (TPSA) is 493 Å². The molecule has 2 rings (SSSR count). The molecule has 672 valence electrons. The van der Waals surface area contributed by atoms with E-state index >= 15 is 0 Å². The molecule has 0 radical (unpaired) electrons. The summed E-state index contributed by atoms with van der Waals surface area (Å²) in [4.78, 5) is 169. The van der Waals surface area contributed by atoms with Crippen LogP contribution >= 0.6 is 0 Å². The number of ketones is 4. The standard InChI is InChI=1S/C85H133N5O29/c1-64(22-14-16-40-86-78(97)61-115-55-51-111-45-21-26-71(93)60-114-54-52-112-48-42-88-76(95)39-32-68(84(106)107)58-70(92)24-12-8-4-2-6-10-18-46-118-72-34-28-65(29-35-72)81(100)101)75(94)59-67(83(104)105)23-15-17-41-87-79(98)62-117-57-53-113-49-43-89-80(99)63-116-56-50-110-44-20-25-69(91)33-38-74(85(108)109)90-77(96)27-13-9-5-3-7-11-19-47-119-73-36-30-66(31-37-73)82(102)103/h28-31,34-37,64,67-68,74H,2-27,32-33,38-63H2,1H3,(H,86,97)(H,87,98)(H,88,95)(H,89,99)(H,90,96)(H,100,101)(H,102,103)(H,104,105)(H,106,107)(H,108,109)/t64-,67+,68+,74-/m0/s1. The highest BCUT2D eigenvalue weighted by Crippen LogP contribution is 2.22. The van der Waals surface area contributed by atoms with Crippen LogP contribution in [0, 0.1) is 17.8 Å². The first kappa shape index (κ1) is 106. The van der Waals surface area contributed by atoms with Crippen LogP contribution in [0.1, 0.15) is 233 Å². The quantitative estimate of drug-likeness (QED) is 0.0277. The summed E-state index contributed by atoms with van der Waals surface area (Å²) < 4.78 is 54.6. The van der Waals surface area contributed by atoms with Crippen LogP contribution in [0.5, 0.6) is 11.5 Å². The molecule has 0 unspecified atom stereocenters. The molecule has 5 amide bonds. The lowest BCUT2D eigenvalue weighted by atomic mass is 9.89. The van der Waals surface area contributed by atoms with E-state index in [-0.39, 0.29) is 246 Å². The third-order valence-electron chi connectivity index (χ3n) is 18.9. The minimum absolute atomic E-state index is 0.00530. The van der Waals surface area contributed by atoms with Crippen molar-refractivity contribution in [3.05, 3.63) is 59.7 Å². The number of aromatic carboxylic acids is 2. The Morgan fingerprint density at radius 2 is 0.681 bits per heavy atom. The number of carbonyl (C=O) groups excluding carboxylic acids is 9. The van der Waals surface area contributed by atoms with E-state index in [9.17, 15) is 82.4 Å². The maximum Gasteiger partial charge on any atom is 0.335 e. The van der Waals surface area contributed by atoms with Gasteiger partial charge in [-0.1, -0.05) is 84.0 Å². The molecule has 4 atom stereocenters. The highest BCUT2D eigenvalue weighted by atomic mass is 16.5. The number of unbranched alkanes of at least 4 members (excludes halogenated alkanes) is 14. The summed E-state index contributed by atoms with van der Waals surface area (Å²) >= 11 is 0. The van der Waals surface area contributed by atoms with Crippen molar-refractivity contribution in [3.8, 4) is 11.5 Å². The second-order valence-corrected chi connectivity index (χ2v) is 29.1. The first-order valence-electron chi connectivity index (χ1n) is 42.1. The lowest BCUT2D eigenvalue weighted by Gasteiger charge is -2.15. The molecule has 0 aromatic heterocycles. The summed E-state index contributed by atoms with van der Waals surface area (Å²) in [6.45, 7) is 5.51. The van der Waals surface area contributed by atoms with Crippen LogP contribution in [0.25, 0.3) is 0 Å². The summed E-state index contributed by atoms with van der Waals surface area (Å²) in [6.07, 6.45) is 17.1. The molecule has 119 heavy (non-hydrogen) atoms. The van der Waals surface area contributed by atoms with Crippen molar-refractivity contribution in [2.45, 2.75) is 218 Å². The van der Waals surface area contributed by atoms with Crippen molar-refractivity contribution in [1.82, 2.24) is 26.6 Å². The fourth-order valence-corrected chi connectivity index (χ4v) is 11.9. The number of aliphatic carboxylic acids is 3. The van der Waals surface area contributed by atoms with Gasteiger partial charge in [0.15, 0.2) is 5.78 Å². The van der Waals surface area contributed by atoms with Crippen molar-refractivity contribution in [1.29, 1.82) is 0 Å². The number of hydrogen-bond acceptors (Lipinski definition) is 24. The zero-order valence-electron chi connectivity index (χ0n) is 69.6. The fourth-order valence-electron chi connectivity index (χ4n) is 11.9. The van der Waals surface area contributed by atoms with Gasteiger partial charge in [-0.15, -0.1) is 0 Å². The molecule has 2 aromatic rings. The first-order valence-corrected chi connectivity index (χ1v) is 42.1. The molecule has 0 saturated heterocycles. The Hall–Kier alpha value is -8.90. The van der Waals surface area contributed by atoms with Crippen LogP contribution in [-0.4, -0.2) is 259 Å². The molecule has 0 aliphatic rings. The second kappa shape index (κ2) is 70.9. The number of hydrogen-bond donors (Lipinski definition) is 10. The second-order valence-electron chi connectivity index (χ2n) is 29.1. The van der Waals surface area contributed by atoms with Gasteiger partial charge in [-0.25, -0.2) is 14.4 Å². The molecule has 2 aromatic carbocycles. The van der Waals surface area contributed by atoms with Crippen molar-refractivity contribution in [3.63, 3.8) is 0 Å². The normalized spacial score (nSPS) is 12.1. The van der Waals surface area contributed by atoms with Gasteiger partial charge in [-0.3, -0.25) is 52.7 Å². The number of nitrogens with one attached hydrogen (secondary N) is 5.